The molecule has 1 N–H and O–H groups in total. The molecule has 0 bridgehead atoms. The zero-order chi connectivity index (χ0) is 14.3. The quantitative estimate of drug-likeness (QED) is 0.598. The van der Waals surface area contributed by atoms with Crippen LogP contribution in [0, 0.1) is 0 Å². The number of benzene rings is 2. The molecule has 0 fully saturated rings. The van der Waals surface area contributed by atoms with Crippen molar-refractivity contribution in [1.82, 2.24) is 4.98 Å². The third-order valence-electron chi connectivity index (χ3n) is 2.92. The summed E-state index contributed by atoms with van der Waals surface area (Å²) in [6.07, 6.45) is 0. The fourth-order valence-electron chi connectivity index (χ4n) is 2.03. The van der Waals surface area contributed by atoms with Crippen molar-refractivity contribution in [3.05, 3.63) is 67.0 Å². The Morgan fingerprint density at radius 3 is 2.45 bits per heavy atom. The van der Waals surface area contributed by atoms with Gasteiger partial charge >= 0.3 is 5.76 Å². The Bertz CT molecular complexity index is 820. The molecule has 6 heteroatoms. The number of aromatic amines is 1. The Hall–Kier alpha value is -1.04. The summed E-state index contributed by atoms with van der Waals surface area (Å²) < 4.78 is 6.95. The van der Waals surface area contributed by atoms with Crippen molar-refractivity contribution in [2.24, 2.45) is 0 Å². The van der Waals surface area contributed by atoms with Gasteiger partial charge < -0.3 is 4.42 Å². The van der Waals surface area contributed by atoms with Crippen LogP contribution in [0.4, 0.5) is 0 Å². The Balaban J connectivity index is 2.06. The predicted octanol–water partition coefficient (Wildman–Crippen LogP) is 4.97. The number of hydrogen-bond acceptors (Lipinski definition) is 2. The normalized spacial score (nSPS) is 12.8. The zero-order valence-corrected chi connectivity index (χ0v) is 13.9. The Kier molecular flexibility index (Phi) is 3.75. The van der Waals surface area contributed by atoms with Gasteiger partial charge in [0, 0.05) is 8.95 Å². The minimum absolute atomic E-state index is 0.326. The molecule has 1 aromatic heterocycles. The van der Waals surface area contributed by atoms with Gasteiger partial charge in [-0.3, -0.25) is 4.98 Å². The molecule has 0 aliphatic heterocycles. The average molecular weight is 417 g/mol. The first-order chi connectivity index (χ1) is 9.52. The lowest BCUT2D eigenvalue weighted by Crippen LogP contribution is -1.93. The SMILES string of the molecule is O=c1[nH]c2ccc(C(Cl)c3cc(Br)cc(Br)c3)cc2o1. The molecular weight excluding hydrogens is 409 g/mol. The minimum atomic E-state index is -0.464. The summed E-state index contributed by atoms with van der Waals surface area (Å²) in [5, 5.41) is -0.326. The highest BCUT2D eigenvalue weighted by molar-refractivity contribution is 9.11. The zero-order valence-electron chi connectivity index (χ0n) is 9.99. The molecule has 3 aromatic rings. The number of oxazole rings is 1. The maximum Gasteiger partial charge on any atom is 0.417 e. The Morgan fingerprint density at radius 2 is 1.75 bits per heavy atom. The monoisotopic (exact) mass is 415 g/mol. The molecule has 2 aromatic carbocycles. The summed E-state index contributed by atoms with van der Waals surface area (Å²) >= 11 is 13.4. The largest absolute Gasteiger partial charge is 0.417 e. The molecule has 0 spiro atoms. The van der Waals surface area contributed by atoms with Crippen LogP contribution in [-0.2, 0) is 0 Å². The van der Waals surface area contributed by atoms with Crippen LogP contribution in [-0.4, -0.2) is 4.98 Å². The van der Waals surface area contributed by atoms with Gasteiger partial charge in [-0.2, -0.15) is 0 Å². The van der Waals surface area contributed by atoms with Crippen molar-refractivity contribution in [3.63, 3.8) is 0 Å². The molecule has 0 aliphatic rings. The van der Waals surface area contributed by atoms with Gasteiger partial charge in [-0.25, -0.2) is 4.79 Å². The number of aromatic nitrogens is 1. The van der Waals surface area contributed by atoms with Crippen LogP contribution < -0.4 is 5.76 Å². The van der Waals surface area contributed by atoms with Crippen molar-refractivity contribution >= 4 is 54.6 Å². The van der Waals surface area contributed by atoms with E-state index in [-0.39, 0.29) is 5.38 Å². The van der Waals surface area contributed by atoms with Crippen molar-refractivity contribution < 1.29 is 4.42 Å². The van der Waals surface area contributed by atoms with Crippen LogP contribution in [0.15, 0.2) is 54.6 Å². The van der Waals surface area contributed by atoms with Crippen LogP contribution in [0.1, 0.15) is 16.5 Å². The van der Waals surface area contributed by atoms with Gasteiger partial charge in [-0.15, -0.1) is 11.6 Å². The van der Waals surface area contributed by atoms with Crippen molar-refractivity contribution in [2.75, 3.05) is 0 Å². The smallest absolute Gasteiger partial charge is 0.408 e. The second kappa shape index (κ2) is 5.39. The molecule has 3 nitrogen and oxygen atoms in total. The van der Waals surface area contributed by atoms with E-state index in [1.54, 1.807) is 12.1 Å². The first kappa shape index (κ1) is 13.9. The highest BCUT2D eigenvalue weighted by Crippen LogP contribution is 2.33. The highest BCUT2D eigenvalue weighted by atomic mass is 79.9. The number of alkyl halides is 1. The van der Waals surface area contributed by atoms with Gasteiger partial charge in [-0.1, -0.05) is 37.9 Å². The second-order valence-electron chi connectivity index (χ2n) is 4.34. The molecule has 0 amide bonds. The van der Waals surface area contributed by atoms with Crippen LogP contribution >= 0.6 is 43.5 Å². The number of nitrogens with one attached hydrogen (secondary N) is 1. The number of halogens is 3. The highest BCUT2D eigenvalue weighted by Gasteiger charge is 2.14. The third kappa shape index (κ3) is 2.71. The molecular formula is C14H8Br2ClNO2. The van der Waals surface area contributed by atoms with E-state index in [9.17, 15) is 4.79 Å². The number of hydrogen-bond donors (Lipinski definition) is 1. The summed E-state index contributed by atoms with van der Waals surface area (Å²) in [7, 11) is 0. The number of fused-ring (bicyclic) bond motifs is 1. The molecule has 3 rings (SSSR count). The number of H-pyrrole nitrogens is 1. The molecule has 102 valence electrons. The minimum Gasteiger partial charge on any atom is -0.408 e. The predicted molar refractivity (Wildman–Crippen MR) is 86.4 cm³/mol. The van der Waals surface area contributed by atoms with Gasteiger partial charge in [0.1, 0.15) is 0 Å². The summed E-state index contributed by atoms with van der Waals surface area (Å²) in [6.45, 7) is 0. The van der Waals surface area contributed by atoms with Crippen molar-refractivity contribution in [1.29, 1.82) is 0 Å². The van der Waals surface area contributed by atoms with Crippen LogP contribution in [0.3, 0.4) is 0 Å². The van der Waals surface area contributed by atoms with E-state index in [0.29, 0.717) is 11.1 Å². The molecule has 1 heterocycles. The summed E-state index contributed by atoms with van der Waals surface area (Å²) in [4.78, 5) is 13.8. The van der Waals surface area contributed by atoms with Gasteiger partial charge in [0.05, 0.1) is 10.9 Å². The lowest BCUT2D eigenvalue weighted by atomic mass is 10.0. The van der Waals surface area contributed by atoms with E-state index >= 15 is 0 Å². The molecule has 0 radical (unpaired) electrons. The maximum absolute atomic E-state index is 11.2. The average Bonchev–Trinajstić information content (AvgIpc) is 2.75. The third-order valence-corrected chi connectivity index (χ3v) is 4.33. The lowest BCUT2D eigenvalue weighted by Gasteiger charge is -2.11. The molecule has 0 saturated heterocycles. The Morgan fingerprint density at radius 1 is 1.05 bits per heavy atom. The molecule has 0 saturated carbocycles. The first-order valence-electron chi connectivity index (χ1n) is 5.76. The first-order valence-corrected chi connectivity index (χ1v) is 7.78. The standard InChI is InChI=1S/C14H8Br2ClNO2/c15-9-3-8(4-10(16)6-9)13(17)7-1-2-11-12(5-7)20-14(19)18-11/h1-6,13H,(H,18,19). The van der Waals surface area contributed by atoms with Gasteiger partial charge in [0.25, 0.3) is 0 Å². The molecule has 1 unspecified atom stereocenters. The van der Waals surface area contributed by atoms with Crippen LogP contribution in [0.25, 0.3) is 11.1 Å². The molecule has 0 aliphatic carbocycles. The van der Waals surface area contributed by atoms with Gasteiger partial charge in [0.15, 0.2) is 5.58 Å². The number of rotatable bonds is 2. The fourth-order valence-corrected chi connectivity index (χ4v) is 3.62. The van der Waals surface area contributed by atoms with Gasteiger partial charge in [0.2, 0.25) is 0 Å². The van der Waals surface area contributed by atoms with Gasteiger partial charge in [-0.05, 0) is 41.5 Å². The van der Waals surface area contributed by atoms with E-state index in [0.717, 1.165) is 20.1 Å². The lowest BCUT2D eigenvalue weighted by molar-refractivity contribution is 0.555. The van der Waals surface area contributed by atoms with E-state index in [1.165, 1.54) is 0 Å². The summed E-state index contributed by atoms with van der Waals surface area (Å²) in [5.41, 5.74) is 2.99. The molecule has 1 atom stereocenters. The molecule has 20 heavy (non-hydrogen) atoms. The summed E-state index contributed by atoms with van der Waals surface area (Å²) in [5.74, 6) is -0.464. The topological polar surface area (TPSA) is 46.0 Å². The van der Waals surface area contributed by atoms with Crippen molar-refractivity contribution in [2.45, 2.75) is 5.38 Å². The Labute approximate surface area is 136 Å². The fraction of sp³-hybridized carbons (Fsp3) is 0.0714. The van der Waals surface area contributed by atoms with E-state index in [1.807, 2.05) is 24.3 Å². The van der Waals surface area contributed by atoms with E-state index in [4.69, 9.17) is 16.0 Å². The van der Waals surface area contributed by atoms with E-state index in [2.05, 4.69) is 36.8 Å². The second-order valence-corrected chi connectivity index (χ2v) is 6.60. The maximum atomic E-state index is 11.2. The summed E-state index contributed by atoms with van der Waals surface area (Å²) in [6, 6.07) is 11.3. The van der Waals surface area contributed by atoms with Crippen LogP contribution in [0.5, 0.6) is 0 Å². The van der Waals surface area contributed by atoms with E-state index < -0.39 is 5.76 Å². The van der Waals surface area contributed by atoms with Crippen molar-refractivity contribution in [3.8, 4) is 0 Å². The van der Waals surface area contributed by atoms with Crippen LogP contribution in [0.2, 0.25) is 0 Å².